The Balaban J connectivity index is 2.88. The van der Waals surface area contributed by atoms with Crippen molar-refractivity contribution in [3.63, 3.8) is 0 Å². The number of hydrogen-bond acceptors (Lipinski definition) is 4. The summed E-state index contributed by atoms with van der Waals surface area (Å²) in [6, 6.07) is 5.80. The number of benzene rings is 1. The zero-order valence-electron chi connectivity index (χ0n) is 10.5. The van der Waals surface area contributed by atoms with Crippen LogP contribution < -0.4 is 11.3 Å². The molecule has 0 aliphatic carbocycles. The molecule has 1 unspecified atom stereocenters. The molecule has 0 fully saturated rings. The minimum absolute atomic E-state index is 0.0529. The number of hydrogen-bond donors (Lipinski definition) is 2. The smallest absolute Gasteiger partial charge is 0.149 e. The van der Waals surface area contributed by atoms with Crippen LogP contribution in [-0.4, -0.2) is 26.5 Å². The van der Waals surface area contributed by atoms with Crippen molar-refractivity contribution in [2.75, 3.05) is 12.0 Å². The second-order valence-electron chi connectivity index (χ2n) is 4.53. The Morgan fingerprint density at radius 1 is 1.29 bits per heavy atom. The Bertz CT molecular complexity index is 463. The summed E-state index contributed by atoms with van der Waals surface area (Å²) < 4.78 is 22.5. The quantitative estimate of drug-likeness (QED) is 0.601. The summed E-state index contributed by atoms with van der Waals surface area (Å²) in [6.07, 6.45) is 1.85. The third-order valence-corrected chi connectivity index (χ3v) is 3.84. The predicted molar refractivity (Wildman–Crippen MR) is 70.4 cm³/mol. The van der Waals surface area contributed by atoms with E-state index in [1.54, 1.807) is 0 Å². The third-order valence-electron chi connectivity index (χ3n) is 2.83. The lowest BCUT2D eigenvalue weighted by molar-refractivity contribution is 0.544. The molecular formula is C12H20N2O2S. The van der Waals surface area contributed by atoms with Gasteiger partial charge in [-0.1, -0.05) is 18.2 Å². The molecule has 1 aromatic rings. The molecule has 0 aliphatic rings. The zero-order chi connectivity index (χ0) is 13.1. The van der Waals surface area contributed by atoms with Crippen LogP contribution in [-0.2, 0) is 16.3 Å². The Hall–Kier alpha value is -0.910. The second kappa shape index (κ2) is 5.62. The molecule has 0 heterocycles. The minimum Gasteiger partial charge on any atom is -0.271 e. The van der Waals surface area contributed by atoms with Gasteiger partial charge < -0.3 is 0 Å². The molecule has 0 saturated carbocycles. The molecule has 0 saturated heterocycles. The predicted octanol–water partition coefficient (Wildman–Crippen LogP) is 0.722. The third kappa shape index (κ3) is 4.46. The van der Waals surface area contributed by atoms with Crippen molar-refractivity contribution in [1.82, 2.24) is 5.43 Å². The lowest BCUT2D eigenvalue weighted by Crippen LogP contribution is -2.41. The van der Waals surface area contributed by atoms with Crippen molar-refractivity contribution >= 4 is 9.84 Å². The Labute approximate surface area is 103 Å². The Morgan fingerprint density at radius 2 is 1.82 bits per heavy atom. The van der Waals surface area contributed by atoms with E-state index in [1.165, 1.54) is 22.9 Å². The number of hydrazine groups is 1. The SMILES string of the molecule is Cc1cccc(C)c1CC(CS(C)(=O)=O)NN. The summed E-state index contributed by atoms with van der Waals surface area (Å²) in [7, 11) is -3.02. The van der Waals surface area contributed by atoms with Crippen LogP contribution in [0.2, 0.25) is 0 Å². The van der Waals surface area contributed by atoms with Crippen LogP contribution in [0, 0.1) is 13.8 Å². The number of nitrogens with two attached hydrogens (primary N) is 1. The molecule has 5 heteroatoms. The van der Waals surface area contributed by atoms with Crippen molar-refractivity contribution in [1.29, 1.82) is 0 Å². The lowest BCUT2D eigenvalue weighted by atomic mass is 9.97. The van der Waals surface area contributed by atoms with E-state index in [-0.39, 0.29) is 11.8 Å². The van der Waals surface area contributed by atoms with E-state index in [9.17, 15) is 8.42 Å². The normalized spacial score (nSPS) is 13.6. The minimum atomic E-state index is -3.02. The van der Waals surface area contributed by atoms with Crippen molar-refractivity contribution in [2.45, 2.75) is 26.3 Å². The first-order valence-electron chi connectivity index (χ1n) is 5.52. The molecule has 4 nitrogen and oxygen atoms in total. The van der Waals surface area contributed by atoms with Crippen molar-refractivity contribution in [3.8, 4) is 0 Å². The monoisotopic (exact) mass is 256 g/mol. The molecule has 3 N–H and O–H groups in total. The molecule has 0 radical (unpaired) electrons. The molecule has 0 amide bonds. The summed E-state index contributed by atoms with van der Waals surface area (Å²) in [6.45, 7) is 4.05. The fourth-order valence-corrected chi connectivity index (χ4v) is 2.89. The van der Waals surface area contributed by atoms with Gasteiger partial charge >= 0.3 is 0 Å². The topological polar surface area (TPSA) is 72.2 Å². The largest absolute Gasteiger partial charge is 0.271 e. The maximum Gasteiger partial charge on any atom is 0.149 e. The average Bonchev–Trinajstić information content (AvgIpc) is 2.20. The van der Waals surface area contributed by atoms with Gasteiger partial charge in [0.05, 0.1) is 5.75 Å². The number of rotatable bonds is 5. The van der Waals surface area contributed by atoms with Gasteiger partial charge in [-0.3, -0.25) is 11.3 Å². The Morgan fingerprint density at radius 3 is 2.24 bits per heavy atom. The fourth-order valence-electron chi connectivity index (χ4n) is 1.95. The molecule has 0 aromatic heterocycles. The highest BCUT2D eigenvalue weighted by Crippen LogP contribution is 2.15. The van der Waals surface area contributed by atoms with E-state index in [0.717, 1.165) is 0 Å². The van der Waals surface area contributed by atoms with Gasteiger partial charge in [0, 0.05) is 12.3 Å². The molecule has 1 aromatic carbocycles. The van der Waals surface area contributed by atoms with Gasteiger partial charge in [0.2, 0.25) is 0 Å². The first kappa shape index (κ1) is 14.2. The van der Waals surface area contributed by atoms with Gasteiger partial charge in [-0.2, -0.15) is 0 Å². The van der Waals surface area contributed by atoms with Gasteiger partial charge in [0.1, 0.15) is 9.84 Å². The number of nitrogens with one attached hydrogen (secondary N) is 1. The molecule has 1 rings (SSSR count). The first-order chi connectivity index (χ1) is 7.83. The molecule has 0 spiro atoms. The van der Waals surface area contributed by atoms with Crippen LogP contribution >= 0.6 is 0 Å². The lowest BCUT2D eigenvalue weighted by Gasteiger charge is -2.17. The standard InChI is InChI=1S/C12H20N2O2S/c1-9-5-4-6-10(2)12(9)7-11(14-13)8-17(3,15)16/h4-6,11,14H,7-8,13H2,1-3H3. The van der Waals surface area contributed by atoms with Crippen LogP contribution in [0.4, 0.5) is 0 Å². The van der Waals surface area contributed by atoms with E-state index in [2.05, 4.69) is 5.43 Å². The van der Waals surface area contributed by atoms with E-state index in [0.29, 0.717) is 6.42 Å². The molecular weight excluding hydrogens is 236 g/mol. The summed E-state index contributed by atoms with van der Waals surface area (Å²) in [4.78, 5) is 0. The zero-order valence-corrected chi connectivity index (χ0v) is 11.3. The number of sulfone groups is 1. The molecule has 96 valence electrons. The summed E-state index contributed by atoms with van der Waals surface area (Å²) in [5, 5.41) is 0. The molecule has 0 bridgehead atoms. The van der Waals surface area contributed by atoms with Gasteiger partial charge in [0.15, 0.2) is 0 Å². The van der Waals surface area contributed by atoms with Crippen molar-refractivity contribution in [2.24, 2.45) is 5.84 Å². The highest BCUT2D eigenvalue weighted by Gasteiger charge is 2.16. The Kier molecular flexibility index (Phi) is 4.68. The molecule has 17 heavy (non-hydrogen) atoms. The van der Waals surface area contributed by atoms with Gasteiger partial charge in [-0.15, -0.1) is 0 Å². The van der Waals surface area contributed by atoms with Gasteiger partial charge in [-0.25, -0.2) is 8.42 Å². The first-order valence-corrected chi connectivity index (χ1v) is 7.58. The maximum absolute atomic E-state index is 11.3. The highest BCUT2D eigenvalue weighted by molar-refractivity contribution is 7.90. The van der Waals surface area contributed by atoms with E-state index >= 15 is 0 Å². The maximum atomic E-state index is 11.3. The van der Waals surface area contributed by atoms with Crippen LogP contribution in [0.25, 0.3) is 0 Å². The van der Waals surface area contributed by atoms with Gasteiger partial charge in [-0.05, 0) is 37.0 Å². The second-order valence-corrected chi connectivity index (χ2v) is 6.72. The van der Waals surface area contributed by atoms with Crippen LogP contribution in [0.5, 0.6) is 0 Å². The highest BCUT2D eigenvalue weighted by atomic mass is 32.2. The van der Waals surface area contributed by atoms with Crippen LogP contribution in [0.15, 0.2) is 18.2 Å². The van der Waals surface area contributed by atoms with Crippen molar-refractivity contribution in [3.05, 3.63) is 34.9 Å². The summed E-state index contributed by atoms with van der Waals surface area (Å²) >= 11 is 0. The fraction of sp³-hybridized carbons (Fsp3) is 0.500. The van der Waals surface area contributed by atoms with E-state index < -0.39 is 9.84 Å². The van der Waals surface area contributed by atoms with Crippen LogP contribution in [0.1, 0.15) is 16.7 Å². The van der Waals surface area contributed by atoms with Gasteiger partial charge in [0.25, 0.3) is 0 Å². The molecule has 1 atom stereocenters. The summed E-state index contributed by atoms with van der Waals surface area (Å²) in [5.41, 5.74) is 6.08. The van der Waals surface area contributed by atoms with E-state index in [1.807, 2.05) is 32.0 Å². The molecule has 0 aliphatic heterocycles. The average molecular weight is 256 g/mol. The summed E-state index contributed by atoms with van der Waals surface area (Å²) in [5.74, 6) is 5.47. The number of aryl methyl sites for hydroxylation is 2. The van der Waals surface area contributed by atoms with E-state index in [4.69, 9.17) is 5.84 Å². The van der Waals surface area contributed by atoms with Crippen molar-refractivity contribution < 1.29 is 8.42 Å². The van der Waals surface area contributed by atoms with Crippen LogP contribution in [0.3, 0.4) is 0 Å².